The van der Waals surface area contributed by atoms with Gasteiger partial charge >= 0.3 is 6.09 Å². The predicted octanol–water partition coefficient (Wildman–Crippen LogP) is 7.12. The fraction of sp³-hybridized carbons (Fsp3) is 0.333. The molecule has 0 atom stereocenters. The van der Waals surface area contributed by atoms with Crippen LogP contribution in [0.4, 0.5) is 21.9 Å². The summed E-state index contributed by atoms with van der Waals surface area (Å²) in [6.07, 6.45) is 9.62. The molecule has 0 unspecified atom stereocenters. The second-order valence-corrected chi connectivity index (χ2v) is 15.7. The molecular formula is C33H39ClN5O5P. The molecule has 45 heavy (non-hydrogen) atoms. The Bertz CT molecular complexity index is 1660. The standard InChI is InChI=1S/C33H39ClN5O5P/c1-32(2,3)44-31(41)39-33(18-19-33)17-16-30(40)36-22-14-15-27(43-4)26(20-22)38-29-13-9-11-24(23(34)21-35-29)37-25-10-7-8-12-28(25)45(5,6)42/h7-10,12-17,20-21,37H,11,18-19H2,1-6H3,(H,36,40)(H,39,41)/b13-9?,17-16+,24-23?,35-21?,38-29?. The number of para-hydroxylation sites is 1. The Morgan fingerprint density at radius 3 is 2.53 bits per heavy atom. The summed E-state index contributed by atoms with van der Waals surface area (Å²) in [6.45, 7) is 8.85. The smallest absolute Gasteiger partial charge is 0.408 e. The number of ether oxygens (including phenoxy) is 2. The Labute approximate surface area is 269 Å². The van der Waals surface area contributed by atoms with Crippen molar-refractivity contribution >= 4 is 65.2 Å². The first kappa shape index (κ1) is 33.7. The van der Waals surface area contributed by atoms with Crippen molar-refractivity contribution in [1.29, 1.82) is 0 Å². The Balaban J connectivity index is 1.47. The van der Waals surface area contributed by atoms with Gasteiger partial charge in [0.25, 0.3) is 0 Å². The van der Waals surface area contributed by atoms with Crippen LogP contribution < -0.4 is 26.0 Å². The molecule has 2 aromatic carbocycles. The monoisotopic (exact) mass is 651 g/mol. The molecule has 4 rings (SSSR count). The summed E-state index contributed by atoms with van der Waals surface area (Å²) < 4.78 is 23.6. The highest BCUT2D eigenvalue weighted by Gasteiger charge is 2.42. The summed E-state index contributed by atoms with van der Waals surface area (Å²) in [5.74, 6) is 0.509. The fourth-order valence-electron chi connectivity index (χ4n) is 4.38. The number of benzene rings is 2. The van der Waals surface area contributed by atoms with Crippen molar-refractivity contribution in [3.8, 4) is 5.75 Å². The zero-order valence-electron chi connectivity index (χ0n) is 26.3. The van der Waals surface area contributed by atoms with E-state index < -0.39 is 24.4 Å². The summed E-state index contributed by atoms with van der Waals surface area (Å²) in [6, 6.07) is 12.5. The van der Waals surface area contributed by atoms with Gasteiger partial charge in [-0.2, -0.15) is 0 Å². The highest BCUT2D eigenvalue weighted by Crippen LogP contribution is 2.39. The summed E-state index contributed by atoms with van der Waals surface area (Å²) in [5.41, 5.74) is 1.21. The molecule has 0 radical (unpaired) electrons. The molecule has 2 aromatic rings. The molecule has 1 fully saturated rings. The SMILES string of the molecule is COc1ccc(NC(=O)/C=C/C2(NC(=O)OC(C)(C)C)CC2)cc1N=C1C=CCC(Nc2ccccc2P(C)(C)=O)=C(Cl)C=N1. The van der Waals surface area contributed by atoms with Crippen LogP contribution in [0.15, 0.2) is 87.5 Å². The van der Waals surface area contributed by atoms with E-state index in [4.69, 9.17) is 21.1 Å². The van der Waals surface area contributed by atoms with Crippen molar-refractivity contribution < 1.29 is 23.6 Å². The largest absolute Gasteiger partial charge is 0.494 e. The zero-order chi connectivity index (χ0) is 32.8. The molecule has 1 aliphatic heterocycles. The van der Waals surface area contributed by atoms with Gasteiger partial charge in [-0.1, -0.05) is 35.9 Å². The molecule has 0 aromatic heterocycles. The first-order chi connectivity index (χ1) is 21.2. The van der Waals surface area contributed by atoms with Crippen molar-refractivity contribution in [3.05, 3.63) is 77.5 Å². The normalized spacial score (nSPS) is 17.1. The quantitative estimate of drug-likeness (QED) is 0.196. The van der Waals surface area contributed by atoms with Gasteiger partial charge < -0.3 is 30.0 Å². The molecule has 2 aliphatic rings. The van der Waals surface area contributed by atoms with Crippen molar-refractivity contribution in [1.82, 2.24) is 5.32 Å². The number of aliphatic imine (C=N–C) groups is 2. The summed E-state index contributed by atoms with van der Waals surface area (Å²) in [5, 5.41) is 10.1. The van der Waals surface area contributed by atoms with E-state index in [0.717, 1.165) is 23.8 Å². The van der Waals surface area contributed by atoms with Crippen molar-refractivity contribution in [2.45, 2.75) is 51.2 Å². The van der Waals surface area contributed by atoms with Gasteiger partial charge in [-0.05, 0) is 83.4 Å². The summed E-state index contributed by atoms with van der Waals surface area (Å²) >= 11 is 6.61. The van der Waals surface area contributed by atoms with Crippen LogP contribution in [0.3, 0.4) is 0 Å². The van der Waals surface area contributed by atoms with Crippen LogP contribution in [0, 0.1) is 0 Å². The maximum atomic E-state index is 12.8. The van der Waals surface area contributed by atoms with E-state index in [1.165, 1.54) is 19.4 Å². The number of anilines is 2. The van der Waals surface area contributed by atoms with Gasteiger partial charge in [-0.25, -0.2) is 14.8 Å². The third kappa shape index (κ3) is 9.93. The number of hydrogen-bond donors (Lipinski definition) is 3. The number of amides is 2. The second-order valence-electron chi connectivity index (χ2n) is 12.1. The molecule has 12 heteroatoms. The van der Waals surface area contributed by atoms with Crippen LogP contribution in [-0.4, -0.2) is 55.6 Å². The molecule has 0 bridgehead atoms. The third-order valence-corrected chi connectivity index (χ3v) is 8.61. The van der Waals surface area contributed by atoms with Gasteiger partial charge in [0, 0.05) is 41.1 Å². The molecule has 0 saturated heterocycles. The Morgan fingerprint density at radius 1 is 1.13 bits per heavy atom. The topological polar surface area (TPSA) is 130 Å². The van der Waals surface area contributed by atoms with Gasteiger partial charge in [0.1, 0.15) is 24.2 Å². The molecular weight excluding hydrogens is 613 g/mol. The van der Waals surface area contributed by atoms with Crippen molar-refractivity contribution in [2.24, 2.45) is 9.98 Å². The van der Waals surface area contributed by atoms with Gasteiger partial charge in [-0.15, -0.1) is 0 Å². The summed E-state index contributed by atoms with van der Waals surface area (Å²) in [4.78, 5) is 34.0. The molecule has 1 heterocycles. The number of hydrogen-bond acceptors (Lipinski definition) is 7. The molecule has 3 N–H and O–H groups in total. The molecule has 0 spiro atoms. The number of rotatable bonds is 9. The van der Waals surface area contributed by atoms with E-state index in [1.54, 1.807) is 64.5 Å². The van der Waals surface area contributed by atoms with Gasteiger partial charge in [0.15, 0.2) is 5.84 Å². The Kier molecular flexibility index (Phi) is 10.4. The average molecular weight is 652 g/mol. The van der Waals surface area contributed by atoms with E-state index >= 15 is 0 Å². The van der Waals surface area contributed by atoms with Crippen LogP contribution in [-0.2, 0) is 14.1 Å². The highest BCUT2D eigenvalue weighted by molar-refractivity contribution is 7.70. The number of carbonyl (C=O) groups excluding carboxylic acids is 2. The second kappa shape index (κ2) is 13.9. The first-order valence-electron chi connectivity index (χ1n) is 14.5. The van der Waals surface area contributed by atoms with Crippen LogP contribution in [0.5, 0.6) is 5.75 Å². The summed E-state index contributed by atoms with van der Waals surface area (Å²) in [7, 11) is -0.981. The highest BCUT2D eigenvalue weighted by atomic mass is 35.5. The van der Waals surface area contributed by atoms with Crippen molar-refractivity contribution in [2.75, 3.05) is 31.1 Å². The maximum absolute atomic E-state index is 12.8. The van der Waals surface area contributed by atoms with Gasteiger partial charge in [0.2, 0.25) is 5.91 Å². The van der Waals surface area contributed by atoms with Gasteiger partial charge in [-0.3, -0.25) is 4.79 Å². The van der Waals surface area contributed by atoms with Crippen LogP contribution >= 0.6 is 18.7 Å². The number of carbonyl (C=O) groups is 2. The lowest BCUT2D eigenvalue weighted by Gasteiger charge is -2.22. The fourth-order valence-corrected chi connectivity index (χ4v) is 5.71. The van der Waals surface area contributed by atoms with E-state index in [9.17, 15) is 14.2 Å². The first-order valence-corrected chi connectivity index (χ1v) is 17.4. The Morgan fingerprint density at radius 2 is 1.87 bits per heavy atom. The lowest BCUT2D eigenvalue weighted by atomic mass is 10.2. The molecule has 1 saturated carbocycles. The van der Waals surface area contributed by atoms with Crippen LogP contribution in [0.25, 0.3) is 0 Å². The lowest BCUT2D eigenvalue weighted by Crippen LogP contribution is -2.39. The van der Waals surface area contributed by atoms with Gasteiger partial charge in [0.05, 0.1) is 17.7 Å². The number of nitrogens with one attached hydrogen (secondary N) is 3. The van der Waals surface area contributed by atoms with E-state index in [1.807, 2.05) is 30.3 Å². The number of allylic oxidation sites excluding steroid dienone is 2. The number of methoxy groups -OCH3 is 1. The molecule has 1 aliphatic carbocycles. The molecule has 238 valence electrons. The van der Waals surface area contributed by atoms with E-state index in [2.05, 4.69) is 25.9 Å². The zero-order valence-corrected chi connectivity index (χ0v) is 28.0. The number of amidine groups is 1. The maximum Gasteiger partial charge on any atom is 0.408 e. The number of halogens is 1. The number of nitrogens with zero attached hydrogens (tertiary/aromatic N) is 2. The predicted molar refractivity (Wildman–Crippen MR) is 183 cm³/mol. The molecule has 2 amide bonds. The van der Waals surface area contributed by atoms with E-state index in [0.29, 0.717) is 40.1 Å². The lowest BCUT2D eigenvalue weighted by molar-refractivity contribution is -0.111. The minimum absolute atomic E-state index is 0.360. The van der Waals surface area contributed by atoms with Crippen LogP contribution in [0.2, 0.25) is 0 Å². The number of alkyl carbamates (subject to hydrolysis) is 1. The van der Waals surface area contributed by atoms with E-state index in [-0.39, 0.29) is 5.91 Å². The molecule has 10 nitrogen and oxygen atoms in total. The minimum atomic E-state index is -2.51. The average Bonchev–Trinajstić information content (AvgIpc) is 3.71. The Hall–Kier alpha value is -4.14. The minimum Gasteiger partial charge on any atom is -0.494 e. The third-order valence-electron chi connectivity index (χ3n) is 6.73. The van der Waals surface area contributed by atoms with Crippen LogP contribution in [0.1, 0.15) is 40.0 Å². The van der Waals surface area contributed by atoms with Crippen molar-refractivity contribution in [3.63, 3.8) is 0 Å².